The number of thiazole rings is 1. The number of thiophene rings is 1. The number of anilines is 2. The molecule has 2 amide bonds. The molecule has 1 aliphatic heterocycles. The van der Waals surface area contributed by atoms with E-state index in [0.717, 1.165) is 30.0 Å². The van der Waals surface area contributed by atoms with E-state index in [1.165, 1.54) is 21.8 Å². The Hall–Kier alpha value is -1.77. The van der Waals surface area contributed by atoms with E-state index in [0.29, 0.717) is 5.13 Å². The minimum Gasteiger partial charge on any atom is -0.316 e. The van der Waals surface area contributed by atoms with Gasteiger partial charge in [0.05, 0.1) is 17.6 Å². The highest BCUT2D eigenvalue weighted by atomic mass is 32.1. The molecule has 0 aromatic carbocycles. The fourth-order valence-electron chi connectivity index (χ4n) is 3.00. The number of carbonyl (C=O) groups is 2. The van der Waals surface area contributed by atoms with Crippen LogP contribution in [0.4, 0.5) is 10.1 Å². The van der Waals surface area contributed by atoms with Crippen molar-refractivity contribution in [2.45, 2.75) is 39.7 Å². The van der Waals surface area contributed by atoms with Crippen LogP contribution in [0.15, 0.2) is 11.6 Å². The summed E-state index contributed by atoms with van der Waals surface area (Å²) in [5, 5.41) is 9.16. The maximum Gasteiger partial charge on any atom is 0.243 e. The van der Waals surface area contributed by atoms with Crippen molar-refractivity contribution in [1.82, 2.24) is 9.88 Å². The van der Waals surface area contributed by atoms with Crippen molar-refractivity contribution < 1.29 is 9.59 Å². The molecule has 1 saturated heterocycles. The summed E-state index contributed by atoms with van der Waals surface area (Å²) in [6.07, 6.45) is 3.34. The van der Waals surface area contributed by atoms with E-state index < -0.39 is 0 Å². The van der Waals surface area contributed by atoms with Gasteiger partial charge in [-0.05, 0) is 51.3 Å². The van der Waals surface area contributed by atoms with E-state index in [-0.39, 0.29) is 24.4 Å². The van der Waals surface area contributed by atoms with Crippen LogP contribution in [-0.2, 0) is 9.59 Å². The first-order valence-corrected chi connectivity index (χ1v) is 9.96. The van der Waals surface area contributed by atoms with Gasteiger partial charge in [-0.2, -0.15) is 0 Å². The lowest BCUT2D eigenvalue weighted by Crippen LogP contribution is -2.43. The molecular weight excluding hydrogens is 356 g/mol. The molecule has 0 spiro atoms. The molecule has 1 atom stereocenters. The Balaban J connectivity index is 1.59. The summed E-state index contributed by atoms with van der Waals surface area (Å²) in [5.74, 6) is -0.155. The zero-order valence-electron chi connectivity index (χ0n) is 14.6. The van der Waals surface area contributed by atoms with Crippen molar-refractivity contribution in [2.24, 2.45) is 0 Å². The van der Waals surface area contributed by atoms with Gasteiger partial charge in [-0.15, -0.1) is 22.7 Å². The second-order valence-corrected chi connectivity index (χ2v) is 8.36. The van der Waals surface area contributed by atoms with E-state index in [1.807, 2.05) is 17.2 Å². The highest BCUT2D eigenvalue weighted by Crippen LogP contribution is 2.31. The number of aromatic nitrogens is 1. The SMILES string of the molecule is Cc1sc(NC(=O)CN2CCCC2C(=O)Nc2nccs2)c(C)c1C. The van der Waals surface area contributed by atoms with Gasteiger partial charge in [0.2, 0.25) is 11.8 Å². The topological polar surface area (TPSA) is 74.3 Å². The van der Waals surface area contributed by atoms with Crippen LogP contribution in [0.5, 0.6) is 0 Å². The zero-order chi connectivity index (χ0) is 18.0. The van der Waals surface area contributed by atoms with E-state index in [4.69, 9.17) is 0 Å². The number of carbonyl (C=O) groups excluding carboxylic acids is 2. The summed E-state index contributed by atoms with van der Waals surface area (Å²) in [6.45, 7) is 7.13. The fourth-order valence-corrected chi connectivity index (χ4v) is 4.61. The first kappa shape index (κ1) is 18.0. The molecule has 2 aromatic rings. The molecule has 1 aliphatic rings. The zero-order valence-corrected chi connectivity index (χ0v) is 16.2. The lowest BCUT2D eigenvalue weighted by atomic mass is 10.2. The molecule has 0 aliphatic carbocycles. The van der Waals surface area contributed by atoms with Crippen LogP contribution in [0.25, 0.3) is 0 Å². The predicted molar refractivity (Wildman–Crippen MR) is 102 cm³/mol. The monoisotopic (exact) mass is 378 g/mol. The predicted octanol–water partition coefficient (Wildman–Crippen LogP) is 3.17. The maximum atomic E-state index is 12.4. The van der Waals surface area contributed by atoms with Crippen molar-refractivity contribution in [3.05, 3.63) is 27.6 Å². The van der Waals surface area contributed by atoms with Gasteiger partial charge in [0, 0.05) is 16.5 Å². The summed E-state index contributed by atoms with van der Waals surface area (Å²) in [6, 6.07) is -0.275. The number of nitrogens with zero attached hydrogens (tertiary/aromatic N) is 2. The van der Waals surface area contributed by atoms with Crippen LogP contribution >= 0.6 is 22.7 Å². The number of amides is 2. The van der Waals surface area contributed by atoms with Crippen molar-refractivity contribution in [3.8, 4) is 0 Å². The van der Waals surface area contributed by atoms with Gasteiger partial charge < -0.3 is 10.6 Å². The normalized spacial score (nSPS) is 17.6. The molecule has 2 aromatic heterocycles. The average molecular weight is 379 g/mol. The first-order chi connectivity index (χ1) is 12.0. The molecule has 0 radical (unpaired) electrons. The summed E-state index contributed by atoms with van der Waals surface area (Å²) in [4.78, 5) is 32.1. The fraction of sp³-hybridized carbons (Fsp3) is 0.471. The van der Waals surface area contributed by atoms with Gasteiger partial charge in [-0.3, -0.25) is 14.5 Å². The molecule has 1 fully saturated rings. The Labute approximate surface area is 155 Å². The van der Waals surface area contributed by atoms with Crippen LogP contribution in [-0.4, -0.2) is 40.8 Å². The average Bonchev–Trinajstić information content (AvgIpc) is 3.28. The van der Waals surface area contributed by atoms with Gasteiger partial charge in [-0.1, -0.05) is 0 Å². The maximum absolute atomic E-state index is 12.4. The molecule has 0 bridgehead atoms. The summed E-state index contributed by atoms with van der Waals surface area (Å²) in [7, 11) is 0. The molecular formula is C17H22N4O2S2. The van der Waals surface area contributed by atoms with Crippen molar-refractivity contribution >= 4 is 44.6 Å². The highest BCUT2D eigenvalue weighted by Gasteiger charge is 2.32. The standard InChI is InChI=1S/C17H22N4O2S2/c1-10-11(2)16(25-12(10)3)19-14(22)9-21-7-4-5-13(21)15(23)20-17-18-6-8-24-17/h6,8,13H,4-5,7,9H2,1-3H3,(H,19,22)(H,18,20,23). The van der Waals surface area contributed by atoms with E-state index >= 15 is 0 Å². The molecule has 2 N–H and O–H groups in total. The van der Waals surface area contributed by atoms with Crippen LogP contribution in [0.3, 0.4) is 0 Å². The number of hydrogen-bond acceptors (Lipinski definition) is 6. The first-order valence-electron chi connectivity index (χ1n) is 8.26. The van der Waals surface area contributed by atoms with Crippen LogP contribution in [0.2, 0.25) is 0 Å². The molecule has 3 rings (SSSR count). The third kappa shape index (κ3) is 4.08. The Kier molecular flexibility index (Phi) is 5.51. The number of aryl methyl sites for hydroxylation is 1. The summed E-state index contributed by atoms with van der Waals surface area (Å²) >= 11 is 2.99. The molecule has 134 valence electrons. The van der Waals surface area contributed by atoms with Crippen LogP contribution in [0.1, 0.15) is 28.8 Å². The van der Waals surface area contributed by atoms with Gasteiger partial charge in [0.15, 0.2) is 5.13 Å². The molecule has 1 unspecified atom stereocenters. The van der Waals surface area contributed by atoms with E-state index in [9.17, 15) is 9.59 Å². The van der Waals surface area contributed by atoms with Crippen LogP contribution in [0, 0.1) is 20.8 Å². The lowest BCUT2D eigenvalue weighted by molar-refractivity contribution is -0.122. The van der Waals surface area contributed by atoms with Crippen molar-refractivity contribution in [3.63, 3.8) is 0 Å². The van der Waals surface area contributed by atoms with Gasteiger partial charge in [0.25, 0.3) is 0 Å². The third-order valence-electron chi connectivity index (χ3n) is 4.61. The quantitative estimate of drug-likeness (QED) is 0.838. The van der Waals surface area contributed by atoms with Crippen LogP contribution < -0.4 is 10.6 Å². The third-order valence-corrected chi connectivity index (χ3v) is 6.53. The Morgan fingerprint density at radius 2 is 2.08 bits per heavy atom. The second kappa shape index (κ2) is 7.63. The van der Waals surface area contributed by atoms with Gasteiger partial charge in [-0.25, -0.2) is 4.98 Å². The molecule has 3 heterocycles. The lowest BCUT2D eigenvalue weighted by Gasteiger charge is -2.22. The van der Waals surface area contributed by atoms with E-state index in [2.05, 4.69) is 29.5 Å². The Bertz CT molecular complexity index is 770. The van der Waals surface area contributed by atoms with E-state index in [1.54, 1.807) is 17.5 Å². The van der Waals surface area contributed by atoms with Gasteiger partial charge in [0.1, 0.15) is 0 Å². The molecule has 0 saturated carbocycles. The number of likely N-dealkylation sites (tertiary alicyclic amines) is 1. The largest absolute Gasteiger partial charge is 0.316 e. The summed E-state index contributed by atoms with van der Waals surface area (Å²) in [5.41, 5.74) is 2.34. The second-order valence-electron chi connectivity index (χ2n) is 6.24. The number of hydrogen-bond donors (Lipinski definition) is 2. The highest BCUT2D eigenvalue weighted by molar-refractivity contribution is 7.16. The smallest absolute Gasteiger partial charge is 0.243 e. The van der Waals surface area contributed by atoms with Crippen molar-refractivity contribution in [2.75, 3.05) is 23.7 Å². The van der Waals surface area contributed by atoms with Gasteiger partial charge >= 0.3 is 0 Å². The summed E-state index contributed by atoms with van der Waals surface area (Å²) < 4.78 is 0. The number of nitrogens with one attached hydrogen (secondary N) is 2. The molecule has 6 nitrogen and oxygen atoms in total. The minimum absolute atomic E-state index is 0.0710. The molecule has 25 heavy (non-hydrogen) atoms. The number of rotatable bonds is 5. The van der Waals surface area contributed by atoms with Crippen molar-refractivity contribution in [1.29, 1.82) is 0 Å². The molecule has 8 heteroatoms. The minimum atomic E-state index is -0.275. The Morgan fingerprint density at radius 3 is 2.72 bits per heavy atom. The Morgan fingerprint density at radius 1 is 1.28 bits per heavy atom.